The number of rotatable bonds is 3. The molecule has 1 fully saturated rings. The minimum Gasteiger partial charge on any atom is -0.480 e. The van der Waals surface area contributed by atoms with Gasteiger partial charge in [-0.3, -0.25) is 4.79 Å². The van der Waals surface area contributed by atoms with E-state index < -0.39 is 20.6 Å². The first-order valence-corrected chi connectivity index (χ1v) is 8.34. The third-order valence-electron chi connectivity index (χ3n) is 3.95. The molecule has 0 heterocycles. The summed E-state index contributed by atoms with van der Waals surface area (Å²) < 4.78 is 24.4. The molecule has 0 spiro atoms. The number of hydrogen-bond acceptors (Lipinski definition) is 3. The number of sulfone groups is 1. The summed E-state index contributed by atoms with van der Waals surface area (Å²) in [6.45, 7) is 1.70. The minimum atomic E-state index is -3.93. The van der Waals surface area contributed by atoms with E-state index in [1.165, 1.54) is 6.07 Å². The van der Waals surface area contributed by atoms with Crippen molar-refractivity contribution in [3.05, 3.63) is 28.7 Å². The Hall–Kier alpha value is -0.880. The molecule has 2 unspecified atom stereocenters. The van der Waals surface area contributed by atoms with E-state index in [2.05, 4.69) is 15.9 Å². The molecule has 0 aliphatic heterocycles. The Balaban J connectivity index is 2.67. The number of aliphatic carboxylic acids is 1. The van der Waals surface area contributed by atoms with E-state index in [0.29, 0.717) is 17.3 Å². The number of carboxylic acids is 1. The van der Waals surface area contributed by atoms with Gasteiger partial charge >= 0.3 is 5.97 Å². The lowest BCUT2D eigenvalue weighted by atomic mass is 9.97. The van der Waals surface area contributed by atoms with Gasteiger partial charge in [-0.1, -0.05) is 25.5 Å². The third-order valence-corrected chi connectivity index (χ3v) is 7.58. The maximum Gasteiger partial charge on any atom is 0.325 e. The van der Waals surface area contributed by atoms with Crippen molar-refractivity contribution < 1.29 is 18.3 Å². The monoisotopic (exact) mass is 346 g/mol. The number of carbonyl (C=O) groups is 1. The lowest BCUT2D eigenvalue weighted by Crippen LogP contribution is -2.48. The van der Waals surface area contributed by atoms with Crippen molar-refractivity contribution >= 4 is 31.7 Å². The average Bonchev–Trinajstić information content (AvgIpc) is 2.72. The Morgan fingerprint density at radius 3 is 2.53 bits per heavy atom. The summed E-state index contributed by atoms with van der Waals surface area (Å²) in [6, 6.07) is 6.37. The van der Waals surface area contributed by atoms with Crippen LogP contribution in [0.3, 0.4) is 0 Å². The van der Waals surface area contributed by atoms with Crippen molar-refractivity contribution in [2.45, 2.75) is 35.8 Å². The topological polar surface area (TPSA) is 71.4 Å². The van der Waals surface area contributed by atoms with Gasteiger partial charge in [-0.15, -0.1) is 0 Å². The summed E-state index contributed by atoms with van der Waals surface area (Å²) in [6.07, 6.45) is 1.42. The standard InChI is InChI=1S/C13H15BrO4S/c1-9-5-4-8-13(9,12(15)16)19(17,18)11-7-3-2-6-10(11)14/h2-3,6-7,9H,4-5,8H2,1H3,(H,15,16). The first-order valence-electron chi connectivity index (χ1n) is 6.06. The highest BCUT2D eigenvalue weighted by atomic mass is 79.9. The second kappa shape index (κ2) is 4.90. The fourth-order valence-corrected chi connectivity index (χ4v) is 6.03. The summed E-state index contributed by atoms with van der Waals surface area (Å²) >= 11 is 3.20. The fourth-order valence-electron chi connectivity index (χ4n) is 2.84. The molecule has 1 aromatic rings. The molecule has 0 bridgehead atoms. The minimum absolute atomic E-state index is 0.0613. The molecule has 4 nitrogen and oxygen atoms in total. The van der Waals surface area contributed by atoms with Gasteiger partial charge in [-0.05, 0) is 46.8 Å². The van der Waals surface area contributed by atoms with Crippen molar-refractivity contribution in [3.63, 3.8) is 0 Å². The van der Waals surface area contributed by atoms with Gasteiger partial charge in [0.2, 0.25) is 0 Å². The van der Waals surface area contributed by atoms with Crippen LogP contribution in [0.5, 0.6) is 0 Å². The average molecular weight is 347 g/mol. The second-order valence-electron chi connectivity index (χ2n) is 4.92. The van der Waals surface area contributed by atoms with Crippen molar-refractivity contribution in [2.75, 3.05) is 0 Å². The van der Waals surface area contributed by atoms with Gasteiger partial charge in [0, 0.05) is 4.47 Å². The summed E-state index contributed by atoms with van der Waals surface area (Å²) in [5.74, 6) is -1.63. The largest absolute Gasteiger partial charge is 0.480 e. The summed E-state index contributed by atoms with van der Waals surface area (Å²) in [5, 5.41) is 9.53. The van der Waals surface area contributed by atoms with Crippen molar-refractivity contribution in [1.29, 1.82) is 0 Å². The highest BCUT2D eigenvalue weighted by Crippen LogP contribution is 2.46. The van der Waals surface area contributed by atoms with Crippen molar-refractivity contribution in [3.8, 4) is 0 Å². The molecule has 104 valence electrons. The Morgan fingerprint density at radius 1 is 1.42 bits per heavy atom. The molecule has 19 heavy (non-hydrogen) atoms. The molecule has 1 aliphatic rings. The molecule has 0 radical (unpaired) electrons. The van der Waals surface area contributed by atoms with Crippen LogP contribution >= 0.6 is 15.9 Å². The fraction of sp³-hybridized carbons (Fsp3) is 0.462. The smallest absolute Gasteiger partial charge is 0.325 e. The van der Waals surface area contributed by atoms with Crippen LogP contribution in [0, 0.1) is 5.92 Å². The zero-order valence-corrected chi connectivity index (χ0v) is 12.9. The van der Waals surface area contributed by atoms with Gasteiger partial charge in [0.25, 0.3) is 0 Å². The molecular weight excluding hydrogens is 332 g/mol. The first-order chi connectivity index (χ1) is 8.84. The van der Waals surface area contributed by atoms with Gasteiger partial charge in [0.05, 0.1) is 4.90 Å². The Morgan fingerprint density at radius 2 is 2.05 bits per heavy atom. The number of carboxylic acid groups (broad SMARTS) is 1. The quantitative estimate of drug-likeness (QED) is 0.913. The van der Waals surface area contributed by atoms with E-state index in [0.717, 1.165) is 0 Å². The molecule has 6 heteroatoms. The molecule has 1 aliphatic carbocycles. The van der Waals surface area contributed by atoms with E-state index in [-0.39, 0.29) is 17.2 Å². The van der Waals surface area contributed by atoms with Crippen LogP contribution < -0.4 is 0 Å². The Bertz CT molecular complexity index is 611. The van der Waals surface area contributed by atoms with Crippen LogP contribution in [-0.2, 0) is 14.6 Å². The summed E-state index contributed by atoms with van der Waals surface area (Å²) in [4.78, 5) is 11.7. The van der Waals surface area contributed by atoms with E-state index in [1.54, 1.807) is 25.1 Å². The molecule has 1 aromatic carbocycles. The summed E-state index contributed by atoms with van der Waals surface area (Å²) in [5.41, 5.74) is 0. The molecule has 0 saturated heterocycles. The van der Waals surface area contributed by atoms with Crippen LogP contribution in [0.4, 0.5) is 0 Å². The lowest BCUT2D eigenvalue weighted by Gasteiger charge is -2.29. The van der Waals surface area contributed by atoms with Gasteiger partial charge in [0.15, 0.2) is 14.6 Å². The van der Waals surface area contributed by atoms with Gasteiger partial charge < -0.3 is 5.11 Å². The normalized spacial score (nSPS) is 27.4. The van der Waals surface area contributed by atoms with Crippen LogP contribution in [0.25, 0.3) is 0 Å². The highest BCUT2D eigenvalue weighted by Gasteiger charge is 2.58. The van der Waals surface area contributed by atoms with Crippen LogP contribution in [0.15, 0.2) is 33.6 Å². The van der Waals surface area contributed by atoms with E-state index in [4.69, 9.17) is 0 Å². The zero-order chi connectivity index (χ0) is 14.3. The first kappa shape index (κ1) is 14.5. The van der Waals surface area contributed by atoms with E-state index in [1.807, 2.05) is 0 Å². The molecule has 1 saturated carbocycles. The van der Waals surface area contributed by atoms with Gasteiger partial charge in [-0.2, -0.15) is 0 Å². The predicted octanol–water partition coefficient (Wildman–Crippen LogP) is 2.87. The highest BCUT2D eigenvalue weighted by molar-refractivity contribution is 9.10. The molecule has 2 atom stereocenters. The molecule has 0 amide bonds. The van der Waals surface area contributed by atoms with Crippen LogP contribution in [0.1, 0.15) is 26.2 Å². The van der Waals surface area contributed by atoms with E-state index in [9.17, 15) is 18.3 Å². The number of hydrogen-bond donors (Lipinski definition) is 1. The van der Waals surface area contributed by atoms with Crippen molar-refractivity contribution in [2.24, 2.45) is 5.92 Å². The third kappa shape index (κ3) is 2.01. The second-order valence-corrected chi connectivity index (χ2v) is 7.95. The summed E-state index contributed by atoms with van der Waals surface area (Å²) in [7, 11) is -3.93. The zero-order valence-electron chi connectivity index (χ0n) is 10.5. The predicted molar refractivity (Wildman–Crippen MR) is 74.7 cm³/mol. The molecule has 0 aromatic heterocycles. The van der Waals surface area contributed by atoms with Gasteiger partial charge in [0.1, 0.15) is 0 Å². The molecule has 2 rings (SSSR count). The number of benzene rings is 1. The Kier molecular flexibility index (Phi) is 3.75. The molecular formula is C13H15BrO4S. The Labute approximate surface area is 120 Å². The maximum absolute atomic E-state index is 12.8. The lowest BCUT2D eigenvalue weighted by molar-refractivity contribution is -0.141. The van der Waals surface area contributed by atoms with E-state index >= 15 is 0 Å². The molecule has 1 N–H and O–H groups in total. The maximum atomic E-state index is 12.8. The SMILES string of the molecule is CC1CCCC1(C(=O)O)S(=O)(=O)c1ccccc1Br. The number of halogens is 1. The van der Waals surface area contributed by atoms with Gasteiger partial charge in [-0.25, -0.2) is 8.42 Å². The van der Waals surface area contributed by atoms with Crippen molar-refractivity contribution in [1.82, 2.24) is 0 Å². The van der Waals surface area contributed by atoms with Crippen LogP contribution in [0.2, 0.25) is 0 Å². The van der Waals surface area contributed by atoms with Crippen LogP contribution in [-0.4, -0.2) is 24.2 Å².